The van der Waals surface area contributed by atoms with Crippen LogP contribution < -0.4 is 15.5 Å². The molecule has 2 amide bonds. The minimum absolute atomic E-state index is 0.136. The van der Waals surface area contributed by atoms with Gasteiger partial charge in [-0.3, -0.25) is 9.59 Å². The third-order valence-corrected chi connectivity index (χ3v) is 6.51. The first-order valence-electron chi connectivity index (χ1n) is 12.7. The Kier molecular flexibility index (Phi) is 7.54. The molecule has 1 fully saturated rings. The molecule has 4 aromatic rings. The van der Waals surface area contributed by atoms with E-state index in [2.05, 4.69) is 30.6 Å². The number of nitrogens with zero attached hydrogens (tertiary/aromatic N) is 5. The van der Waals surface area contributed by atoms with Crippen LogP contribution in [0, 0.1) is 0 Å². The number of alkyl halides is 3. The predicted molar refractivity (Wildman–Crippen MR) is 144 cm³/mol. The summed E-state index contributed by atoms with van der Waals surface area (Å²) < 4.78 is 38.6. The fourth-order valence-electron chi connectivity index (χ4n) is 4.44. The fraction of sp³-hybridized carbons (Fsp3) is 0.296. The summed E-state index contributed by atoms with van der Waals surface area (Å²) in [5, 5.41) is 6.59. The van der Waals surface area contributed by atoms with Crippen molar-refractivity contribution in [2.45, 2.75) is 13.1 Å². The summed E-state index contributed by atoms with van der Waals surface area (Å²) >= 11 is 0. The third kappa shape index (κ3) is 5.98. The van der Waals surface area contributed by atoms with Gasteiger partial charge in [-0.05, 0) is 18.2 Å². The number of H-pyrrole nitrogens is 1. The van der Waals surface area contributed by atoms with Crippen molar-refractivity contribution in [1.82, 2.24) is 30.2 Å². The molecule has 1 saturated heterocycles. The lowest BCUT2D eigenvalue weighted by molar-refractivity contribution is -0.137. The molecule has 4 heterocycles. The number of rotatable bonds is 7. The number of piperazine rings is 1. The SMILES string of the molecule is CC(=O)NCCNc1nc(-c2ccccc2)nc2[nH]c(C(=O)N3CCN(c4ccc(C(F)(F)F)cn4)CC3)cc12. The highest BCUT2D eigenvalue weighted by molar-refractivity contribution is 6.00. The van der Waals surface area contributed by atoms with Gasteiger partial charge in [0.1, 0.15) is 23.0 Å². The molecule has 0 bridgehead atoms. The number of fused-ring (bicyclic) bond motifs is 1. The lowest BCUT2D eigenvalue weighted by Crippen LogP contribution is -2.49. The van der Waals surface area contributed by atoms with Gasteiger partial charge >= 0.3 is 6.18 Å². The molecule has 1 aliphatic heterocycles. The standard InChI is InChI=1S/C27H27F3N8O2/c1-17(39)31-9-10-32-24-20-15-21(34-25(20)36-23(35-24)18-5-3-2-4-6-18)26(40)38-13-11-37(12-14-38)22-8-7-19(16-33-22)27(28,29)30/h2-8,15-16H,9-14H2,1H3,(H,31,39)(H2,32,34,35,36). The summed E-state index contributed by atoms with van der Waals surface area (Å²) in [6.45, 7) is 3.88. The van der Waals surface area contributed by atoms with E-state index in [1.165, 1.54) is 13.0 Å². The Hall–Kier alpha value is -4.68. The molecule has 0 unspecified atom stereocenters. The molecule has 1 aromatic carbocycles. The Morgan fingerprint density at radius 3 is 2.40 bits per heavy atom. The predicted octanol–water partition coefficient (Wildman–Crippen LogP) is 3.55. The number of aromatic amines is 1. The highest BCUT2D eigenvalue weighted by Crippen LogP contribution is 2.30. The molecule has 5 rings (SSSR count). The van der Waals surface area contributed by atoms with Crippen molar-refractivity contribution in [3.8, 4) is 11.4 Å². The minimum atomic E-state index is -4.44. The largest absolute Gasteiger partial charge is 0.417 e. The van der Waals surface area contributed by atoms with E-state index in [0.29, 0.717) is 73.5 Å². The molecule has 0 radical (unpaired) electrons. The molecule has 0 saturated carbocycles. The molecule has 0 atom stereocenters. The van der Waals surface area contributed by atoms with E-state index in [4.69, 9.17) is 0 Å². The normalized spacial score (nSPS) is 13.9. The van der Waals surface area contributed by atoms with Crippen LogP contribution in [0.2, 0.25) is 0 Å². The van der Waals surface area contributed by atoms with Crippen LogP contribution in [0.4, 0.5) is 24.8 Å². The van der Waals surface area contributed by atoms with Crippen molar-refractivity contribution in [2.24, 2.45) is 0 Å². The number of pyridine rings is 1. The lowest BCUT2D eigenvalue weighted by atomic mass is 10.2. The number of hydrogen-bond acceptors (Lipinski definition) is 7. The van der Waals surface area contributed by atoms with Crippen LogP contribution in [-0.4, -0.2) is 75.9 Å². The van der Waals surface area contributed by atoms with Crippen LogP contribution in [0.25, 0.3) is 22.4 Å². The van der Waals surface area contributed by atoms with E-state index in [0.717, 1.165) is 17.8 Å². The average molecular weight is 553 g/mol. The van der Waals surface area contributed by atoms with Gasteiger partial charge in [0.05, 0.1) is 10.9 Å². The number of halogens is 3. The van der Waals surface area contributed by atoms with Gasteiger partial charge in [-0.2, -0.15) is 13.2 Å². The van der Waals surface area contributed by atoms with Crippen LogP contribution in [0.3, 0.4) is 0 Å². The topological polar surface area (TPSA) is 119 Å². The zero-order chi connectivity index (χ0) is 28.3. The minimum Gasteiger partial charge on any atom is -0.368 e. The second-order valence-electron chi connectivity index (χ2n) is 9.30. The zero-order valence-electron chi connectivity index (χ0n) is 21.6. The first-order valence-corrected chi connectivity index (χ1v) is 12.7. The number of nitrogens with one attached hydrogen (secondary N) is 3. The Bertz CT molecular complexity index is 1500. The highest BCUT2D eigenvalue weighted by Gasteiger charge is 2.31. The summed E-state index contributed by atoms with van der Waals surface area (Å²) in [6, 6.07) is 13.5. The summed E-state index contributed by atoms with van der Waals surface area (Å²) in [6.07, 6.45) is -3.62. The van der Waals surface area contributed by atoms with Gasteiger partial charge in [-0.1, -0.05) is 30.3 Å². The number of hydrogen-bond donors (Lipinski definition) is 3. The first kappa shape index (κ1) is 26.9. The lowest BCUT2D eigenvalue weighted by Gasteiger charge is -2.35. The quantitative estimate of drug-likeness (QED) is 0.300. The monoisotopic (exact) mass is 552 g/mol. The van der Waals surface area contributed by atoms with Gasteiger partial charge in [0, 0.05) is 58.0 Å². The number of carbonyl (C=O) groups excluding carboxylic acids is 2. The fourth-order valence-corrected chi connectivity index (χ4v) is 4.44. The summed E-state index contributed by atoms with van der Waals surface area (Å²) in [4.78, 5) is 44.6. The van der Waals surface area contributed by atoms with Crippen molar-refractivity contribution < 1.29 is 22.8 Å². The van der Waals surface area contributed by atoms with Crippen LogP contribution in [-0.2, 0) is 11.0 Å². The second-order valence-corrected chi connectivity index (χ2v) is 9.30. The zero-order valence-corrected chi connectivity index (χ0v) is 21.6. The average Bonchev–Trinajstić information content (AvgIpc) is 3.39. The van der Waals surface area contributed by atoms with Gasteiger partial charge in [-0.25, -0.2) is 15.0 Å². The van der Waals surface area contributed by atoms with Crippen molar-refractivity contribution >= 4 is 34.5 Å². The van der Waals surface area contributed by atoms with Gasteiger partial charge in [0.25, 0.3) is 5.91 Å². The van der Waals surface area contributed by atoms with Gasteiger partial charge < -0.3 is 25.4 Å². The smallest absolute Gasteiger partial charge is 0.368 e. The number of carbonyl (C=O) groups is 2. The number of aromatic nitrogens is 4. The van der Waals surface area contributed by atoms with Crippen LogP contribution in [0.1, 0.15) is 23.0 Å². The molecule has 3 aromatic heterocycles. The molecule has 40 heavy (non-hydrogen) atoms. The van der Waals surface area contributed by atoms with E-state index in [1.54, 1.807) is 11.0 Å². The molecular weight excluding hydrogens is 525 g/mol. The van der Waals surface area contributed by atoms with Crippen LogP contribution in [0.5, 0.6) is 0 Å². The van der Waals surface area contributed by atoms with Gasteiger partial charge in [0.2, 0.25) is 5.91 Å². The van der Waals surface area contributed by atoms with E-state index in [1.807, 2.05) is 35.2 Å². The Labute approximate surface area is 227 Å². The Balaban J connectivity index is 1.32. The van der Waals surface area contributed by atoms with Crippen molar-refractivity contribution in [1.29, 1.82) is 0 Å². The molecule has 0 aliphatic carbocycles. The number of amides is 2. The second kappa shape index (κ2) is 11.2. The van der Waals surface area contributed by atoms with E-state index in [9.17, 15) is 22.8 Å². The third-order valence-electron chi connectivity index (χ3n) is 6.51. The molecule has 208 valence electrons. The maximum absolute atomic E-state index is 13.4. The van der Waals surface area contributed by atoms with Crippen LogP contribution in [0.15, 0.2) is 54.7 Å². The number of benzene rings is 1. The van der Waals surface area contributed by atoms with Crippen LogP contribution >= 0.6 is 0 Å². The number of anilines is 2. The van der Waals surface area contributed by atoms with E-state index < -0.39 is 11.7 Å². The summed E-state index contributed by atoms with van der Waals surface area (Å²) in [5.41, 5.74) is 0.850. The van der Waals surface area contributed by atoms with E-state index >= 15 is 0 Å². The molecule has 13 heteroatoms. The van der Waals surface area contributed by atoms with E-state index in [-0.39, 0.29) is 11.8 Å². The molecule has 1 aliphatic rings. The summed E-state index contributed by atoms with van der Waals surface area (Å²) in [7, 11) is 0. The molecule has 10 nitrogen and oxygen atoms in total. The van der Waals surface area contributed by atoms with Crippen molar-refractivity contribution in [3.05, 3.63) is 66.0 Å². The maximum atomic E-state index is 13.4. The molecule has 3 N–H and O–H groups in total. The Morgan fingerprint density at radius 1 is 1.00 bits per heavy atom. The van der Waals surface area contributed by atoms with Crippen molar-refractivity contribution in [3.63, 3.8) is 0 Å². The molecular formula is C27H27F3N8O2. The van der Waals surface area contributed by atoms with Crippen molar-refractivity contribution in [2.75, 3.05) is 49.5 Å². The summed E-state index contributed by atoms with van der Waals surface area (Å²) in [5.74, 6) is 1.09. The van der Waals surface area contributed by atoms with Gasteiger partial charge in [-0.15, -0.1) is 0 Å². The Morgan fingerprint density at radius 2 is 1.75 bits per heavy atom. The first-order chi connectivity index (χ1) is 19.2. The maximum Gasteiger partial charge on any atom is 0.417 e. The highest BCUT2D eigenvalue weighted by atomic mass is 19.4. The van der Waals surface area contributed by atoms with Gasteiger partial charge in [0.15, 0.2) is 5.82 Å². The molecule has 0 spiro atoms.